The number of anilines is 2. The molecule has 2 aromatic heterocycles. The predicted molar refractivity (Wildman–Crippen MR) is 69.9 cm³/mol. The van der Waals surface area contributed by atoms with Crippen molar-refractivity contribution in [1.82, 2.24) is 24.7 Å². The third-order valence-corrected chi connectivity index (χ3v) is 2.04. The molecule has 2 aromatic rings. The van der Waals surface area contributed by atoms with Gasteiger partial charge in [-0.3, -0.25) is 0 Å². The highest BCUT2D eigenvalue weighted by Crippen LogP contribution is 2.13. The fourth-order valence-corrected chi connectivity index (χ4v) is 1.36. The second-order valence-corrected chi connectivity index (χ2v) is 4.86. The maximum absolute atomic E-state index is 4.34. The summed E-state index contributed by atoms with van der Waals surface area (Å²) in [6, 6.07) is 1.82. The number of aromatic nitrogens is 5. The van der Waals surface area contributed by atoms with Gasteiger partial charge in [-0.25, -0.2) is 4.68 Å². The molecule has 7 heteroatoms. The molecule has 0 bridgehead atoms. The van der Waals surface area contributed by atoms with E-state index in [2.05, 4.69) is 30.7 Å². The monoisotopic (exact) mass is 247 g/mol. The minimum Gasteiger partial charge on any atom is -0.357 e. The van der Waals surface area contributed by atoms with Crippen molar-refractivity contribution in [1.29, 1.82) is 0 Å². The Morgan fingerprint density at radius 2 is 1.83 bits per heavy atom. The first-order valence-electron chi connectivity index (χ1n) is 5.70. The Labute approximate surface area is 106 Å². The zero-order chi connectivity index (χ0) is 13.2. The summed E-state index contributed by atoms with van der Waals surface area (Å²) < 4.78 is 1.59. The van der Waals surface area contributed by atoms with Crippen molar-refractivity contribution >= 4 is 11.9 Å². The van der Waals surface area contributed by atoms with E-state index in [9.17, 15) is 0 Å². The Hall–Kier alpha value is -2.18. The molecule has 0 saturated heterocycles. The SMILES string of the molecule is CNc1nc(NC(C)(C)C)nc(-n2cccn2)n1. The Morgan fingerprint density at radius 3 is 2.39 bits per heavy atom. The molecule has 0 aromatic carbocycles. The molecule has 0 aliphatic carbocycles. The van der Waals surface area contributed by atoms with Crippen molar-refractivity contribution in [2.75, 3.05) is 17.7 Å². The van der Waals surface area contributed by atoms with Gasteiger partial charge in [0.15, 0.2) is 0 Å². The first-order chi connectivity index (χ1) is 8.48. The molecule has 2 N–H and O–H groups in total. The maximum atomic E-state index is 4.34. The maximum Gasteiger partial charge on any atom is 0.257 e. The van der Waals surface area contributed by atoms with Crippen LogP contribution in [0.2, 0.25) is 0 Å². The molecule has 0 fully saturated rings. The Balaban J connectivity index is 2.39. The average molecular weight is 247 g/mol. The Kier molecular flexibility index (Phi) is 3.14. The number of nitrogens with one attached hydrogen (secondary N) is 2. The first-order valence-corrected chi connectivity index (χ1v) is 5.70. The minimum absolute atomic E-state index is 0.117. The van der Waals surface area contributed by atoms with Gasteiger partial charge in [-0.2, -0.15) is 20.1 Å². The van der Waals surface area contributed by atoms with E-state index in [1.807, 2.05) is 26.8 Å². The third kappa shape index (κ3) is 2.93. The van der Waals surface area contributed by atoms with Gasteiger partial charge in [-0.15, -0.1) is 0 Å². The summed E-state index contributed by atoms with van der Waals surface area (Å²) in [6.45, 7) is 6.14. The quantitative estimate of drug-likeness (QED) is 0.851. The van der Waals surface area contributed by atoms with E-state index in [4.69, 9.17) is 0 Å². The number of hydrogen-bond acceptors (Lipinski definition) is 6. The average Bonchev–Trinajstić information content (AvgIpc) is 2.79. The molecule has 18 heavy (non-hydrogen) atoms. The van der Waals surface area contributed by atoms with Gasteiger partial charge in [-0.1, -0.05) is 0 Å². The molecular formula is C11H17N7. The van der Waals surface area contributed by atoms with E-state index in [1.54, 1.807) is 24.1 Å². The van der Waals surface area contributed by atoms with Crippen molar-refractivity contribution in [2.45, 2.75) is 26.3 Å². The lowest BCUT2D eigenvalue weighted by Gasteiger charge is -2.20. The van der Waals surface area contributed by atoms with Crippen molar-refractivity contribution in [3.8, 4) is 5.95 Å². The van der Waals surface area contributed by atoms with Gasteiger partial charge in [0.05, 0.1) is 0 Å². The molecule has 96 valence electrons. The first kappa shape index (κ1) is 12.3. The van der Waals surface area contributed by atoms with Gasteiger partial charge in [0.1, 0.15) is 0 Å². The van der Waals surface area contributed by atoms with Crippen LogP contribution in [0.25, 0.3) is 5.95 Å². The summed E-state index contributed by atoms with van der Waals surface area (Å²) in [4.78, 5) is 12.8. The van der Waals surface area contributed by atoms with E-state index >= 15 is 0 Å². The van der Waals surface area contributed by atoms with Crippen molar-refractivity contribution in [2.24, 2.45) is 0 Å². The Bertz CT molecular complexity index is 513. The van der Waals surface area contributed by atoms with Gasteiger partial charge in [-0.05, 0) is 26.8 Å². The molecule has 0 saturated carbocycles. The van der Waals surface area contributed by atoms with Crippen LogP contribution in [0.4, 0.5) is 11.9 Å². The second-order valence-electron chi connectivity index (χ2n) is 4.86. The van der Waals surface area contributed by atoms with Crippen LogP contribution < -0.4 is 10.6 Å². The van der Waals surface area contributed by atoms with Crippen LogP contribution in [0.3, 0.4) is 0 Å². The van der Waals surface area contributed by atoms with E-state index < -0.39 is 0 Å². The largest absolute Gasteiger partial charge is 0.357 e. The molecule has 0 unspecified atom stereocenters. The van der Waals surface area contributed by atoms with Crippen molar-refractivity contribution in [3.63, 3.8) is 0 Å². The van der Waals surface area contributed by atoms with Crippen LogP contribution in [-0.2, 0) is 0 Å². The van der Waals surface area contributed by atoms with Crippen LogP contribution in [0.1, 0.15) is 20.8 Å². The third-order valence-electron chi connectivity index (χ3n) is 2.04. The van der Waals surface area contributed by atoms with Gasteiger partial charge < -0.3 is 10.6 Å². The summed E-state index contributed by atoms with van der Waals surface area (Å²) in [5, 5.41) is 10.2. The number of nitrogens with zero attached hydrogens (tertiary/aromatic N) is 5. The summed E-state index contributed by atoms with van der Waals surface area (Å²) in [6.07, 6.45) is 3.47. The molecule has 0 radical (unpaired) electrons. The Morgan fingerprint density at radius 1 is 1.11 bits per heavy atom. The zero-order valence-corrected chi connectivity index (χ0v) is 11.0. The standard InChI is InChI=1S/C11H17N7/c1-11(2,3)17-9-14-8(12-4)15-10(16-9)18-7-5-6-13-18/h5-7H,1-4H3,(H2,12,14,15,16,17). The normalized spacial score (nSPS) is 11.3. The van der Waals surface area contributed by atoms with E-state index in [0.29, 0.717) is 17.8 Å². The van der Waals surface area contributed by atoms with Gasteiger partial charge in [0, 0.05) is 25.0 Å². The van der Waals surface area contributed by atoms with E-state index in [-0.39, 0.29) is 5.54 Å². The molecule has 2 heterocycles. The van der Waals surface area contributed by atoms with E-state index in [1.165, 1.54) is 0 Å². The molecular weight excluding hydrogens is 230 g/mol. The minimum atomic E-state index is -0.117. The number of hydrogen-bond donors (Lipinski definition) is 2. The van der Waals surface area contributed by atoms with Gasteiger partial charge in [0.25, 0.3) is 5.95 Å². The molecule has 0 amide bonds. The van der Waals surface area contributed by atoms with Crippen LogP contribution in [-0.4, -0.2) is 37.3 Å². The molecule has 2 rings (SSSR count). The molecule has 0 spiro atoms. The highest BCUT2D eigenvalue weighted by atomic mass is 15.4. The topological polar surface area (TPSA) is 80.5 Å². The van der Waals surface area contributed by atoms with Crippen LogP contribution in [0, 0.1) is 0 Å². The highest BCUT2D eigenvalue weighted by molar-refractivity contribution is 5.38. The summed E-state index contributed by atoms with van der Waals surface area (Å²) >= 11 is 0. The fraction of sp³-hybridized carbons (Fsp3) is 0.455. The zero-order valence-electron chi connectivity index (χ0n) is 11.0. The van der Waals surface area contributed by atoms with Crippen LogP contribution in [0.15, 0.2) is 18.5 Å². The number of rotatable bonds is 3. The fourth-order valence-electron chi connectivity index (χ4n) is 1.36. The van der Waals surface area contributed by atoms with Gasteiger partial charge >= 0.3 is 0 Å². The van der Waals surface area contributed by atoms with Crippen molar-refractivity contribution in [3.05, 3.63) is 18.5 Å². The molecule has 0 atom stereocenters. The smallest absolute Gasteiger partial charge is 0.257 e. The van der Waals surface area contributed by atoms with E-state index in [0.717, 1.165) is 0 Å². The van der Waals surface area contributed by atoms with Crippen LogP contribution in [0.5, 0.6) is 0 Å². The molecule has 0 aliphatic rings. The molecule has 0 aliphatic heterocycles. The lowest BCUT2D eigenvalue weighted by atomic mass is 10.1. The van der Waals surface area contributed by atoms with Crippen molar-refractivity contribution < 1.29 is 0 Å². The van der Waals surface area contributed by atoms with Crippen LogP contribution >= 0.6 is 0 Å². The molecule has 7 nitrogen and oxygen atoms in total. The summed E-state index contributed by atoms with van der Waals surface area (Å²) in [5.41, 5.74) is -0.117. The van der Waals surface area contributed by atoms with Gasteiger partial charge in [0.2, 0.25) is 11.9 Å². The predicted octanol–water partition coefficient (Wildman–Crippen LogP) is 1.31. The lowest BCUT2D eigenvalue weighted by Crippen LogP contribution is -2.28. The summed E-state index contributed by atoms with van der Waals surface area (Å²) in [5.74, 6) is 1.50. The summed E-state index contributed by atoms with van der Waals surface area (Å²) in [7, 11) is 1.77. The highest BCUT2D eigenvalue weighted by Gasteiger charge is 2.14. The second kappa shape index (κ2) is 4.59. The lowest BCUT2D eigenvalue weighted by molar-refractivity contribution is 0.623.